The number of carbonyl (C=O) groups is 5. The van der Waals surface area contributed by atoms with Gasteiger partial charge in [0.05, 0.1) is 18.7 Å². The number of hydrogen-bond acceptors (Lipinski definition) is 6. The Kier molecular flexibility index (Phi) is 11.8. The zero-order chi connectivity index (χ0) is 38.4. The fourth-order valence-corrected chi connectivity index (χ4v) is 6.50. The molecule has 0 saturated carbocycles. The lowest BCUT2D eigenvalue weighted by Crippen LogP contribution is -2.49. The van der Waals surface area contributed by atoms with E-state index in [1.807, 2.05) is 56.3 Å². The van der Waals surface area contributed by atoms with Crippen molar-refractivity contribution in [2.24, 2.45) is 11.5 Å². The van der Waals surface area contributed by atoms with E-state index in [1.165, 1.54) is 5.56 Å². The second-order valence-corrected chi connectivity index (χ2v) is 14.7. The summed E-state index contributed by atoms with van der Waals surface area (Å²) in [6, 6.07) is 23.0. The molecule has 4 bridgehead atoms. The summed E-state index contributed by atoms with van der Waals surface area (Å²) >= 11 is 0. The molecule has 8 N–H and O–H groups in total. The van der Waals surface area contributed by atoms with Gasteiger partial charge in [0.15, 0.2) is 0 Å². The van der Waals surface area contributed by atoms with E-state index in [2.05, 4.69) is 66.3 Å². The standard InChI is InChI=1S/C42H48N6O5/c1-24-18-29(28-9-12-31(13-10-28)42(3,4)5)11-14-32(24)40(52)47-34(15-16-43)41(53)48-38-25(2)17-27-20-33(38)30-8-6-7-26(19-30)22-36(49)45-23-37(50)46-35(21-27)39(44)51/h6-14,17-20,34-35H,15-16,21-23,43H2,1-5H3,(H2,44,51)(H,45,49)(H,46,50)(H,47,52)(H,48,53)/t34-,35?/m0/s1. The van der Waals surface area contributed by atoms with E-state index in [0.29, 0.717) is 33.5 Å². The Hall–Kier alpha value is -5.81. The highest BCUT2D eigenvalue weighted by atomic mass is 16.2. The van der Waals surface area contributed by atoms with E-state index in [4.69, 9.17) is 11.5 Å². The summed E-state index contributed by atoms with van der Waals surface area (Å²) < 4.78 is 0. The molecule has 11 heteroatoms. The third-order valence-corrected chi connectivity index (χ3v) is 9.44. The van der Waals surface area contributed by atoms with Crippen LogP contribution in [0, 0.1) is 13.8 Å². The van der Waals surface area contributed by atoms with Crippen LogP contribution in [0.15, 0.2) is 78.9 Å². The number of hydrogen-bond donors (Lipinski definition) is 6. The van der Waals surface area contributed by atoms with Crippen LogP contribution < -0.4 is 32.7 Å². The van der Waals surface area contributed by atoms with Crippen molar-refractivity contribution in [3.63, 3.8) is 0 Å². The molecule has 1 aliphatic rings. The van der Waals surface area contributed by atoms with Gasteiger partial charge in [0.2, 0.25) is 23.6 Å². The van der Waals surface area contributed by atoms with Gasteiger partial charge in [0, 0.05) is 17.5 Å². The van der Waals surface area contributed by atoms with Gasteiger partial charge in [-0.2, -0.15) is 0 Å². The van der Waals surface area contributed by atoms with Crippen LogP contribution in [0.2, 0.25) is 0 Å². The van der Waals surface area contributed by atoms with Crippen LogP contribution in [-0.4, -0.2) is 54.7 Å². The number of amides is 5. The van der Waals surface area contributed by atoms with E-state index in [9.17, 15) is 24.0 Å². The summed E-state index contributed by atoms with van der Waals surface area (Å²) in [4.78, 5) is 65.1. The van der Waals surface area contributed by atoms with Crippen LogP contribution in [-0.2, 0) is 37.4 Å². The second kappa shape index (κ2) is 16.2. The molecule has 53 heavy (non-hydrogen) atoms. The number of nitrogens with one attached hydrogen (secondary N) is 4. The molecule has 0 fully saturated rings. The maximum Gasteiger partial charge on any atom is 0.252 e. The number of nitrogens with two attached hydrogens (primary N) is 2. The highest BCUT2D eigenvalue weighted by Crippen LogP contribution is 2.34. The number of rotatable bonds is 8. The normalized spacial score (nSPS) is 15.3. The Morgan fingerprint density at radius 1 is 0.849 bits per heavy atom. The van der Waals surface area contributed by atoms with Crippen molar-refractivity contribution in [1.29, 1.82) is 0 Å². The predicted octanol–water partition coefficient (Wildman–Crippen LogP) is 4.21. The maximum atomic E-state index is 14.0. The predicted molar refractivity (Wildman–Crippen MR) is 207 cm³/mol. The molecule has 1 heterocycles. The first kappa shape index (κ1) is 38.4. The van der Waals surface area contributed by atoms with Crippen molar-refractivity contribution in [3.8, 4) is 22.3 Å². The molecule has 1 unspecified atom stereocenters. The number of carbonyl (C=O) groups excluding carboxylic acids is 5. The Morgan fingerprint density at radius 2 is 1.57 bits per heavy atom. The zero-order valence-electron chi connectivity index (χ0n) is 30.9. The average Bonchev–Trinajstić information content (AvgIpc) is 3.10. The Bertz CT molecular complexity index is 2050. The molecule has 5 amide bonds. The van der Waals surface area contributed by atoms with Crippen molar-refractivity contribution in [2.45, 2.75) is 71.4 Å². The van der Waals surface area contributed by atoms with E-state index >= 15 is 0 Å². The molecule has 0 aliphatic carbocycles. The minimum atomic E-state index is -1.03. The fraction of sp³-hybridized carbons (Fsp3) is 0.310. The summed E-state index contributed by atoms with van der Waals surface area (Å²) in [5.74, 6) is -2.50. The molecular weight excluding hydrogens is 668 g/mol. The highest BCUT2D eigenvalue weighted by molar-refractivity contribution is 6.04. The van der Waals surface area contributed by atoms with Crippen LogP contribution in [0.3, 0.4) is 0 Å². The van der Waals surface area contributed by atoms with Crippen molar-refractivity contribution in [1.82, 2.24) is 16.0 Å². The SMILES string of the molecule is Cc1cc(-c2ccc(C(C)(C)C)cc2)ccc1C(=O)N[C@@H](CCN)C(=O)Nc1c(C)cc2cc1-c1cccc(c1)CC(=O)NCC(=O)NC(C(N)=O)C2. The van der Waals surface area contributed by atoms with Gasteiger partial charge in [-0.25, -0.2) is 0 Å². The fourth-order valence-electron chi connectivity index (χ4n) is 6.50. The summed E-state index contributed by atoms with van der Waals surface area (Å²) in [7, 11) is 0. The summed E-state index contributed by atoms with van der Waals surface area (Å²) in [5, 5.41) is 11.1. The smallest absolute Gasteiger partial charge is 0.252 e. The number of fused-ring (bicyclic) bond motifs is 5. The Balaban J connectivity index is 1.43. The van der Waals surface area contributed by atoms with Crippen LogP contribution in [0.25, 0.3) is 22.3 Å². The molecule has 0 radical (unpaired) electrons. The molecule has 5 rings (SSSR count). The van der Waals surface area contributed by atoms with Crippen molar-refractivity contribution >= 4 is 35.2 Å². The zero-order valence-corrected chi connectivity index (χ0v) is 30.9. The number of anilines is 1. The molecule has 11 nitrogen and oxygen atoms in total. The molecule has 4 aromatic carbocycles. The quantitative estimate of drug-likeness (QED) is 0.159. The lowest BCUT2D eigenvalue weighted by molar-refractivity contribution is -0.128. The highest BCUT2D eigenvalue weighted by Gasteiger charge is 2.26. The number of aryl methyl sites for hydroxylation is 2. The summed E-state index contributed by atoms with van der Waals surface area (Å²) in [6.45, 7) is 10.0. The molecule has 0 spiro atoms. The van der Waals surface area contributed by atoms with E-state index in [1.54, 1.807) is 12.1 Å². The Morgan fingerprint density at radius 3 is 2.23 bits per heavy atom. The third-order valence-electron chi connectivity index (χ3n) is 9.44. The van der Waals surface area contributed by atoms with Gasteiger partial charge in [0.25, 0.3) is 5.91 Å². The van der Waals surface area contributed by atoms with Crippen LogP contribution >= 0.6 is 0 Å². The van der Waals surface area contributed by atoms with Gasteiger partial charge in [-0.15, -0.1) is 0 Å². The van der Waals surface area contributed by atoms with E-state index in [-0.39, 0.29) is 43.7 Å². The van der Waals surface area contributed by atoms with Crippen molar-refractivity contribution in [2.75, 3.05) is 18.4 Å². The van der Waals surface area contributed by atoms with E-state index in [0.717, 1.165) is 22.3 Å². The van der Waals surface area contributed by atoms with Crippen LogP contribution in [0.1, 0.15) is 65.4 Å². The van der Waals surface area contributed by atoms with Gasteiger partial charge >= 0.3 is 0 Å². The topological polar surface area (TPSA) is 186 Å². The molecule has 2 atom stereocenters. The van der Waals surface area contributed by atoms with Gasteiger partial charge < -0.3 is 32.7 Å². The number of primary amides is 1. The molecule has 276 valence electrons. The largest absolute Gasteiger partial charge is 0.368 e. The van der Waals surface area contributed by atoms with Crippen molar-refractivity contribution < 1.29 is 24.0 Å². The summed E-state index contributed by atoms with van der Waals surface area (Å²) in [5.41, 5.74) is 20.0. The first-order chi connectivity index (χ1) is 25.1. The van der Waals surface area contributed by atoms with Gasteiger partial charge in [-0.3, -0.25) is 24.0 Å². The molecule has 0 saturated heterocycles. The molecular formula is C42H48N6O5. The van der Waals surface area contributed by atoms with Gasteiger partial charge in [0.1, 0.15) is 12.1 Å². The maximum absolute atomic E-state index is 14.0. The summed E-state index contributed by atoms with van der Waals surface area (Å²) in [6.07, 6.45) is 0.282. The minimum absolute atomic E-state index is 0.00914. The molecule has 1 aliphatic heterocycles. The second-order valence-electron chi connectivity index (χ2n) is 14.7. The molecule has 4 aromatic rings. The van der Waals surface area contributed by atoms with Crippen molar-refractivity contribution in [3.05, 3.63) is 112 Å². The van der Waals surface area contributed by atoms with Gasteiger partial charge in [-0.05, 0) is 88.9 Å². The first-order valence-electron chi connectivity index (χ1n) is 17.7. The Labute approximate surface area is 310 Å². The van der Waals surface area contributed by atoms with E-state index < -0.39 is 35.7 Å². The first-order valence-corrected chi connectivity index (χ1v) is 17.7. The monoisotopic (exact) mass is 716 g/mol. The van der Waals surface area contributed by atoms with Crippen LogP contribution in [0.5, 0.6) is 0 Å². The molecule has 0 aromatic heterocycles. The van der Waals surface area contributed by atoms with Gasteiger partial charge in [-0.1, -0.05) is 87.5 Å². The average molecular weight is 717 g/mol. The minimum Gasteiger partial charge on any atom is -0.368 e. The lowest BCUT2D eigenvalue weighted by atomic mass is 9.86. The third kappa shape index (κ3) is 9.55. The number of benzene rings is 4. The van der Waals surface area contributed by atoms with Crippen LogP contribution in [0.4, 0.5) is 5.69 Å². The lowest BCUT2D eigenvalue weighted by Gasteiger charge is -2.23.